The normalized spacial score (nSPS) is 14.6. The van der Waals surface area contributed by atoms with E-state index in [4.69, 9.17) is 5.73 Å². The summed E-state index contributed by atoms with van der Waals surface area (Å²) in [5, 5.41) is 1.85. The van der Waals surface area contributed by atoms with Gasteiger partial charge in [0.1, 0.15) is 0 Å². The number of carbonyl (C=O) groups excluding carboxylic acids is 2. The zero-order valence-electron chi connectivity index (χ0n) is 17.0. The second kappa shape index (κ2) is 7.51. The lowest BCUT2D eigenvalue weighted by atomic mass is 9.95. The van der Waals surface area contributed by atoms with Gasteiger partial charge in [0.15, 0.2) is 0 Å². The average Bonchev–Trinajstić information content (AvgIpc) is 3.41. The Kier molecular flexibility index (Phi) is 4.79. The number of fused-ring (bicyclic) bond motifs is 2. The van der Waals surface area contributed by atoms with Crippen molar-refractivity contribution in [1.29, 1.82) is 0 Å². The molecule has 0 radical (unpaired) electrons. The third-order valence-electron chi connectivity index (χ3n) is 5.83. The van der Waals surface area contributed by atoms with Gasteiger partial charge in [0.25, 0.3) is 11.8 Å². The summed E-state index contributed by atoms with van der Waals surface area (Å²) in [6.45, 7) is 3.23. The van der Waals surface area contributed by atoms with Crippen LogP contribution in [0.2, 0.25) is 0 Å². The number of nitrogens with one attached hydrogen (secondary N) is 1. The van der Waals surface area contributed by atoms with Crippen LogP contribution in [0.15, 0.2) is 59.3 Å². The van der Waals surface area contributed by atoms with Gasteiger partial charge in [-0.3, -0.25) is 14.5 Å². The summed E-state index contributed by atoms with van der Waals surface area (Å²) < 4.78 is 3.04. The van der Waals surface area contributed by atoms with Gasteiger partial charge in [-0.25, -0.2) is 0 Å². The van der Waals surface area contributed by atoms with E-state index in [-0.39, 0.29) is 24.9 Å². The number of hydrogen-bond donors (Lipinski definition) is 2. The van der Waals surface area contributed by atoms with E-state index < -0.39 is 0 Å². The highest BCUT2D eigenvalue weighted by atomic mass is 79.9. The maximum absolute atomic E-state index is 13.5. The number of aryl methyl sites for hydroxylation is 1. The molecular weight excluding hydrogens is 456 g/mol. The molecule has 156 valence electrons. The summed E-state index contributed by atoms with van der Waals surface area (Å²) in [4.78, 5) is 31.5. The van der Waals surface area contributed by atoms with Gasteiger partial charge in [-0.05, 0) is 25.1 Å². The number of aromatic nitrogens is 2. The molecule has 2 aromatic heterocycles. The first-order valence-corrected chi connectivity index (χ1v) is 11.0. The Bertz CT molecular complexity index is 1400. The van der Waals surface area contributed by atoms with E-state index >= 15 is 0 Å². The maximum Gasteiger partial charge on any atom is 0.262 e. The van der Waals surface area contributed by atoms with Crippen LogP contribution in [-0.2, 0) is 16.1 Å². The van der Waals surface area contributed by atoms with Gasteiger partial charge < -0.3 is 15.3 Å². The number of nitrogens with two attached hydrogens (primary N) is 1. The number of imide groups is 1. The van der Waals surface area contributed by atoms with Gasteiger partial charge in [-0.15, -0.1) is 0 Å². The van der Waals surface area contributed by atoms with Crippen molar-refractivity contribution in [3.63, 3.8) is 0 Å². The molecule has 0 spiro atoms. The molecule has 3 N–H and O–H groups in total. The van der Waals surface area contributed by atoms with Gasteiger partial charge >= 0.3 is 0 Å². The van der Waals surface area contributed by atoms with Gasteiger partial charge in [0.05, 0.1) is 11.1 Å². The van der Waals surface area contributed by atoms with Crippen molar-refractivity contribution >= 4 is 60.7 Å². The molecule has 4 aromatic rings. The number of benzene rings is 2. The number of hydrogen-bond acceptors (Lipinski definition) is 3. The Labute approximate surface area is 187 Å². The number of nitrogens with zero attached hydrogens (tertiary/aromatic N) is 2. The quantitative estimate of drug-likeness (QED) is 0.424. The highest BCUT2D eigenvalue weighted by molar-refractivity contribution is 9.10. The van der Waals surface area contributed by atoms with Crippen LogP contribution in [0.1, 0.15) is 18.1 Å². The van der Waals surface area contributed by atoms with Gasteiger partial charge in [-0.2, -0.15) is 0 Å². The molecule has 6 nitrogen and oxygen atoms in total. The van der Waals surface area contributed by atoms with E-state index in [9.17, 15) is 9.59 Å². The highest BCUT2D eigenvalue weighted by Crippen LogP contribution is 2.41. The summed E-state index contributed by atoms with van der Waals surface area (Å²) >= 11 is 3.49. The minimum Gasteiger partial charge on any atom is -0.361 e. The monoisotopic (exact) mass is 476 g/mol. The van der Waals surface area contributed by atoms with Crippen molar-refractivity contribution in [2.75, 3.05) is 13.1 Å². The van der Waals surface area contributed by atoms with Crippen molar-refractivity contribution in [2.24, 2.45) is 5.73 Å². The molecule has 1 aliphatic heterocycles. The lowest BCUT2D eigenvalue weighted by Crippen LogP contribution is -2.35. The molecular formula is C24H21BrN4O2. The van der Waals surface area contributed by atoms with Crippen LogP contribution in [0.3, 0.4) is 0 Å². The van der Waals surface area contributed by atoms with Crippen LogP contribution in [-0.4, -0.2) is 39.4 Å². The molecule has 0 saturated carbocycles. The van der Waals surface area contributed by atoms with E-state index in [0.717, 1.165) is 44.0 Å². The number of halogens is 1. The van der Waals surface area contributed by atoms with Crippen molar-refractivity contribution < 1.29 is 9.59 Å². The number of rotatable bonds is 5. The Balaban J connectivity index is 1.83. The van der Waals surface area contributed by atoms with E-state index in [1.165, 1.54) is 4.90 Å². The first-order valence-electron chi connectivity index (χ1n) is 10.2. The third-order valence-corrected chi connectivity index (χ3v) is 6.33. The average molecular weight is 477 g/mol. The number of amides is 2. The van der Waals surface area contributed by atoms with E-state index in [1.54, 1.807) is 0 Å². The molecule has 31 heavy (non-hydrogen) atoms. The molecule has 1 aliphatic rings. The van der Waals surface area contributed by atoms with E-state index in [1.807, 2.05) is 54.9 Å². The number of carbonyl (C=O) groups is 2. The fourth-order valence-corrected chi connectivity index (χ4v) is 4.78. The number of aromatic amines is 1. The molecule has 5 rings (SSSR count). The fraction of sp³-hybridized carbons (Fsp3) is 0.167. The topological polar surface area (TPSA) is 84.1 Å². The minimum absolute atomic E-state index is 0.186. The van der Waals surface area contributed by atoms with Crippen molar-refractivity contribution in [3.05, 3.63) is 70.5 Å². The fourth-order valence-electron chi connectivity index (χ4n) is 4.42. The summed E-state index contributed by atoms with van der Waals surface area (Å²) in [7, 11) is 0. The Morgan fingerprint density at radius 2 is 1.74 bits per heavy atom. The minimum atomic E-state index is -0.303. The van der Waals surface area contributed by atoms with Crippen LogP contribution in [0.25, 0.3) is 33.0 Å². The summed E-state index contributed by atoms with van der Waals surface area (Å²) in [5.41, 5.74) is 10.0. The molecule has 0 aliphatic carbocycles. The summed E-state index contributed by atoms with van der Waals surface area (Å²) in [6.07, 6.45) is 3.78. The first-order chi connectivity index (χ1) is 15.0. The Hall–Kier alpha value is -3.16. The third kappa shape index (κ3) is 2.96. The van der Waals surface area contributed by atoms with Crippen LogP contribution < -0.4 is 5.73 Å². The zero-order valence-corrected chi connectivity index (χ0v) is 18.6. The second-order valence-corrected chi connectivity index (χ2v) is 8.45. The van der Waals surface area contributed by atoms with E-state index in [0.29, 0.717) is 11.1 Å². The van der Waals surface area contributed by atoms with Gasteiger partial charge in [0.2, 0.25) is 0 Å². The largest absolute Gasteiger partial charge is 0.361 e. The maximum atomic E-state index is 13.5. The summed E-state index contributed by atoms with van der Waals surface area (Å²) in [5.74, 6) is -0.599. The van der Waals surface area contributed by atoms with Crippen LogP contribution in [0.4, 0.5) is 0 Å². The van der Waals surface area contributed by atoms with Gasteiger partial charge in [-0.1, -0.05) is 40.2 Å². The number of H-pyrrole nitrogens is 1. The molecule has 0 atom stereocenters. The zero-order chi connectivity index (χ0) is 21.7. The SMILES string of the molecule is CCn1cc(C2=C(c3c[nH]c4cc(Br)ccc34)C(=O)N(CCN)C2=O)c2ccccc21. The van der Waals surface area contributed by atoms with Crippen molar-refractivity contribution in [1.82, 2.24) is 14.5 Å². The Morgan fingerprint density at radius 1 is 1.00 bits per heavy atom. The molecule has 2 aromatic carbocycles. The molecule has 0 saturated heterocycles. The lowest BCUT2D eigenvalue weighted by molar-refractivity contribution is -0.135. The second-order valence-electron chi connectivity index (χ2n) is 7.54. The molecule has 2 amide bonds. The molecule has 0 unspecified atom stereocenters. The van der Waals surface area contributed by atoms with E-state index in [2.05, 4.69) is 32.4 Å². The predicted octanol–water partition coefficient (Wildman–Crippen LogP) is 4.14. The van der Waals surface area contributed by atoms with Crippen molar-refractivity contribution in [2.45, 2.75) is 13.5 Å². The van der Waals surface area contributed by atoms with Crippen molar-refractivity contribution in [3.8, 4) is 0 Å². The van der Waals surface area contributed by atoms with Gasteiger partial charge in [0, 0.05) is 69.4 Å². The predicted molar refractivity (Wildman–Crippen MR) is 126 cm³/mol. The van der Waals surface area contributed by atoms with Crippen LogP contribution >= 0.6 is 15.9 Å². The highest BCUT2D eigenvalue weighted by Gasteiger charge is 2.40. The molecule has 7 heteroatoms. The summed E-state index contributed by atoms with van der Waals surface area (Å²) in [6, 6.07) is 13.8. The Morgan fingerprint density at radius 3 is 2.48 bits per heavy atom. The standard InChI is InChI=1S/C24H21BrN4O2/c1-2-28-13-18(16-5-3-4-6-20(16)28)22-21(23(30)29(10-9-26)24(22)31)17-12-27-19-11-14(25)7-8-15(17)19/h3-8,11-13,27H,2,9-10,26H2,1H3. The lowest BCUT2D eigenvalue weighted by Gasteiger charge is -2.13. The molecule has 0 bridgehead atoms. The molecule has 0 fully saturated rings. The molecule has 3 heterocycles. The van der Waals surface area contributed by atoms with Crippen LogP contribution in [0, 0.1) is 0 Å². The first kappa shape index (κ1) is 19.8. The van der Waals surface area contributed by atoms with Crippen LogP contribution in [0.5, 0.6) is 0 Å². The smallest absolute Gasteiger partial charge is 0.262 e. The number of para-hydroxylation sites is 1.